The van der Waals surface area contributed by atoms with E-state index in [1.165, 1.54) is 11.1 Å². The average molecular weight is 476 g/mol. The number of carbonyl (C=O) groups excluding carboxylic acids is 1. The van der Waals surface area contributed by atoms with Crippen molar-refractivity contribution in [3.8, 4) is 11.5 Å². The predicted octanol–water partition coefficient (Wildman–Crippen LogP) is 3.53. The zero-order chi connectivity index (χ0) is 24.0. The molecule has 2 aromatic rings. The number of carbonyl (C=O) groups is 1. The Kier molecular flexibility index (Phi) is 4.56. The summed E-state index contributed by atoms with van der Waals surface area (Å²) >= 11 is 0. The van der Waals surface area contributed by atoms with Crippen molar-refractivity contribution in [2.45, 2.75) is 61.6 Å². The van der Waals surface area contributed by atoms with Crippen LogP contribution in [0.4, 0.5) is 0 Å². The summed E-state index contributed by atoms with van der Waals surface area (Å²) in [6.45, 7) is 1.54. The Morgan fingerprint density at radius 3 is 2.71 bits per heavy atom. The van der Waals surface area contributed by atoms with E-state index < -0.39 is 5.60 Å². The van der Waals surface area contributed by atoms with Crippen molar-refractivity contribution >= 4 is 6.29 Å². The molecular weight excluding hydrogens is 442 g/mol. The van der Waals surface area contributed by atoms with Crippen molar-refractivity contribution in [3.05, 3.63) is 59.2 Å². The highest BCUT2D eigenvalue weighted by molar-refractivity contribution is 5.67. The summed E-state index contributed by atoms with van der Waals surface area (Å²) in [5.41, 5.74) is 2.56. The van der Waals surface area contributed by atoms with Gasteiger partial charge in [-0.25, -0.2) is 0 Å². The number of rotatable bonds is 6. The van der Waals surface area contributed by atoms with Gasteiger partial charge in [0.2, 0.25) is 0 Å². The molecule has 0 unspecified atom stereocenters. The first-order valence-electron chi connectivity index (χ1n) is 12.8. The van der Waals surface area contributed by atoms with E-state index in [2.05, 4.69) is 42.3 Å². The standard InChI is InChI=1S/C29H33NO5/c1-30-12-11-27-24-19-9-10-21(32-2)25(24)35-26(27)29(33-3)15-23(34-17-18-7-5-4-6-8-18)28(27,22(30)13-19)14-20(29)16-31/h4-10,16,20,22-23,26H,11-15,17H2,1-3H3/t20-,22-,23+,26+,27+,28-,29-/m1/s1. The summed E-state index contributed by atoms with van der Waals surface area (Å²) in [6.07, 6.45) is 4.15. The summed E-state index contributed by atoms with van der Waals surface area (Å²) in [4.78, 5) is 15.2. The quantitative estimate of drug-likeness (QED) is 0.596. The Labute approximate surface area is 206 Å². The minimum Gasteiger partial charge on any atom is -0.493 e. The van der Waals surface area contributed by atoms with Gasteiger partial charge in [0, 0.05) is 36.5 Å². The van der Waals surface area contributed by atoms with Gasteiger partial charge in [-0.3, -0.25) is 0 Å². The molecule has 4 aliphatic carbocycles. The van der Waals surface area contributed by atoms with Crippen molar-refractivity contribution in [1.29, 1.82) is 0 Å². The Morgan fingerprint density at radius 1 is 1.14 bits per heavy atom. The van der Waals surface area contributed by atoms with Crippen LogP contribution in [0.25, 0.3) is 0 Å². The van der Waals surface area contributed by atoms with Crippen LogP contribution in [0.15, 0.2) is 42.5 Å². The molecule has 2 heterocycles. The molecule has 6 aliphatic rings. The van der Waals surface area contributed by atoms with E-state index in [-0.39, 0.29) is 35.0 Å². The summed E-state index contributed by atoms with van der Waals surface area (Å²) < 4.78 is 26.0. The molecule has 4 fully saturated rings. The normalized spacial score (nSPS) is 40.2. The third-order valence-electron chi connectivity index (χ3n) is 10.3. The molecule has 0 amide bonds. The molecule has 3 saturated carbocycles. The molecule has 4 bridgehead atoms. The first kappa shape index (κ1) is 21.8. The monoisotopic (exact) mass is 475 g/mol. The van der Waals surface area contributed by atoms with Crippen LogP contribution in [0.2, 0.25) is 0 Å². The van der Waals surface area contributed by atoms with E-state index >= 15 is 0 Å². The number of fused-ring (bicyclic) bond motifs is 2. The highest BCUT2D eigenvalue weighted by atomic mass is 16.6. The molecule has 0 aromatic heterocycles. The third kappa shape index (κ3) is 2.39. The first-order valence-corrected chi connectivity index (χ1v) is 12.8. The minimum atomic E-state index is -0.732. The molecule has 35 heavy (non-hydrogen) atoms. The van der Waals surface area contributed by atoms with Gasteiger partial charge in [-0.05, 0) is 50.0 Å². The number of nitrogens with zero attached hydrogens (tertiary/aromatic N) is 1. The Bertz CT molecular complexity index is 1190. The molecule has 1 saturated heterocycles. The Balaban J connectivity index is 1.46. The highest BCUT2D eigenvalue weighted by Gasteiger charge is 2.83. The van der Waals surface area contributed by atoms with Crippen LogP contribution in [0, 0.1) is 11.3 Å². The smallest absolute Gasteiger partial charge is 0.165 e. The third-order valence-corrected chi connectivity index (χ3v) is 10.3. The summed E-state index contributed by atoms with van der Waals surface area (Å²) in [5, 5.41) is 0. The molecule has 184 valence electrons. The van der Waals surface area contributed by atoms with Crippen LogP contribution >= 0.6 is 0 Å². The molecule has 2 aromatic carbocycles. The zero-order valence-corrected chi connectivity index (χ0v) is 20.7. The number of methoxy groups -OCH3 is 2. The minimum absolute atomic E-state index is 0.0447. The summed E-state index contributed by atoms with van der Waals surface area (Å²) in [6, 6.07) is 14.9. The van der Waals surface area contributed by atoms with E-state index in [1.807, 2.05) is 12.1 Å². The summed E-state index contributed by atoms with van der Waals surface area (Å²) in [7, 11) is 5.70. The van der Waals surface area contributed by atoms with Crippen molar-refractivity contribution < 1.29 is 23.7 Å². The van der Waals surface area contributed by atoms with Gasteiger partial charge in [-0.1, -0.05) is 36.4 Å². The number of ether oxygens (including phenoxy) is 4. The number of aldehydes is 1. The number of hydrogen-bond acceptors (Lipinski definition) is 6. The van der Waals surface area contributed by atoms with Crippen LogP contribution in [0.3, 0.4) is 0 Å². The van der Waals surface area contributed by atoms with E-state index in [4.69, 9.17) is 18.9 Å². The van der Waals surface area contributed by atoms with Crippen molar-refractivity contribution in [1.82, 2.24) is 4.90 Å². The molecule has 8 rings (SSSR count). The first-order chi connectivity index (χ1) is 17.1. The van der Waals surface area contributed by atoms with Gasteiger partial charge in [0.1, 0.15) is 18.0 Å². The largest absolute Gasteiger partial charge is 0.493 e. The second-order valence-electron chi connectivity index (χ2n) is 11.2. The van der Waals surface area contributed by atoms with Gasteiger partial charge in [-0.15, -0.1) is 0 Å². The molecule has 2 aliphatic heterocycles. The number of hydrogen-bond donors (Lipinski definition) is 0. The van der Waals surface area contributed by atoms with E-state index in [0.29, 0.717) is 13.0 Å². The van der Waals surface area contributed by atoms with E-state index in [1.54, 1.807) is 14.2 Å². The van der Waals surface area contributed by atoms with Gasteiger partial charge >= 0.3 is 0 Å². The number of benzene rings is 2. The number of piperidine rings is 1. The van der Waals surface area contributed by atoms with Crippen molar-refractivity contribution in [2.24, 2.45) is 11.3 Å². The van der Waals surface area contributed by atoms with Crippen LogP contribution in [0.1, 0.15) is 36.0 Å². The van der Waals surface area contributed by atoms with Gasteiger partial charge in [0.15, 0.2) is 11.5 Å². The lowest BCUT2D eigenvalue weighted by Gasteiger charge is -2.74. The molecule has 6 nitrogen and oxygen atoms in total. The Morgan fingerprint density at radius 2 is 1.97 bits per heavy atom. The average Bonchev–Trinajstić information content (AvgIpc) is 3.26. The van der Waals surface area contributed by atoms with Crippen LogP contribution in [-0.2, 0) is 32.7 Å². The maximum atomic E-state index is 12.6. The second-order valence-corrected chi connectivity index (χ2v) is 11.2. The fraction of sp³-hybridized carbons (Fsp3) is 0.552. The molecular formula is C29H33NO5. The molecule has 0 radical (unpaired) electrons. The van der Waals surface area contributed by atoms with Gasteiger partial charge in [-0.2, -0.15) is 0 Å². The lowest BCUT2D eigenvalue weighted by Crippen LogP contribution is -2.84. The van der Waals surface area contributed by atoms with Crippen LogP contribution < -0.4 is 9.47 Å². The summed E-state index contributed by atoms with van der Waals surface area (Å²) in [5.74, 6) is 1.40. The maximum Gasteiger partial charge on any atom is 0.165 e. The van der Waals surface area contributed by atoms with Gasteiger partial charge < -0.3 is 28.6 Å². The lowest BCUT2D eigenvalue weighted by molar-refractivity contribution is -0.312. The zero-order valence-electron chi connectivity index (χ0n) is 20.7. The second kappa shape index (κ2) is 7.31. The van der Waals surface area contributed by atoms with E-state index in [9.17, 15) is 4.79 Å². The fourth-order valence-electron chi connectivity index (χ4n) is 9.02. The van der Waals surface area contributed by atoms with Gasteiger partial charge in [0.25, 0.3) is 0 Å². The Hall–Kier alpha value is -2.41. The van der Waals surface area contributed by atoms with Crippen molar-refractivity contribution in [3.63, 3.8) is 0 Å². The highest BCUT2D eigenvalue weighted by Crippen LogP contribution is 2.76. The SMILES string of the molecule is COc1ccc2c3c1O[C@@H]1[C@@]4(OC)C[C@H](OCc5ccccc5)[C@@]5(C[C@@H]4C=O)[C@@H](C2)N(C)CC[C@]315. The maximum absolute atomic E-state index is 12.6. The van der Waals surface area contributed by atoms with Crippen LogP contribution in [-0.4, -0.2) is 62.8 Å². The topological polar surface area (TPSA) is 57.2 Å². The van der Waals surface area contributed by atoms with Crippen LogP contribution in [0.5, 0.6) is 11.5 Å². The van der Waals surface area contributed by atoms with Gasteiger partial charge in [0.05, 0.1) is 25.2 Å². The number of likely N-dealkylation sites (N-methyl/N-ethyl adjacent to an activating group) is 1. The van der Waals surface area contributed by atoms with Crippen molar-refractivity contribution in [2.75, 3.05) is 27.8 Å². The van der Waals surface area contributed by atoms with E-state index in [0.717, 1.165) is 49.2 Å². The molecule has 6 heteroatoms. The lowest BCUT2D eigenvalue weighted by atomic mass is 9.34. The molecule has 7 atom stereocenters. The fourth-order valence-corrected chi connectivity index (χ4v) is 9.02. The number of likely N-dealkylation sites (tertiary alicyclic amines) is 1. The molecule has 2 spiro atoms. The molecule has 0 N–H and O–H groups in total. The predicted molar refractivity (Wildman–Crippen MR) is 130 cm³/mol.